The number of benzene rings is 2. The molecule has 2 aromatic carbocycles. The second kappa shape index (κ2) is 45.8. The first-order valence-electron chi connectivity index (χ1n) is 35.7. The van der Waals surface area contributed by atoms with Crippen molar-refractivity contribution in [3.8, 4) is 0 Å². The van der Waals surface area contributed by atoms with E-state index in [4.69, 9.17) is 14.2 Å². The van der Waals surface area contributed by atoms with Gasteiger partial charge in [-0.05, 0) is 204 Å². The van der Waals surface area contributed by atoms with Crippen molar-refractivity contribution in [1.29, 1.82) is 0 Å². The van der Waals surface area contributed by atoms with Crippen LogP contribution in [0.3, 0.4) is 0 Å². The van der Waals surface area contributed by atoms with Crippen molar-refractivity contribution in [3.05, 3.63) is 101 Å². The van der Waals surface area contributed by atoms with Crippen molar-refractivity contribution < 1.29 is 18.6 Å². The number of hydrogen-bond donors (Lipinski definition) is 0. The van der Waals surface area contributed by atoms with Crippen LogP contribution in [0.4, 0.5) is 4.39 Å². The third-order valence-electron chi connectivity index (χ3n) is 14.9. The molecule has 1 aromatic heterocycles. The summed E-state index contributed by atoms with van der Waals surface area (Å²) in [5, 5.41) is 0. The van der Waals surface area contributed by atoms with E-state index >= 15 is 0 Å². The normalized spacial score (nSPS) is 16.3. The molecule has 0 N–H and O–H groups in total. The number of aryl methyl sites for hydroxylation is 1. The van der Waals surface area contributed by atoms with Gasteiger partial charge in [-0.2, -0.15) is 0 Å². The van der Waals surface area contributed by atoms with E-state index < -0.39 is 0 Å². The topological polar surface area (TPSA) is 40.6 Å². The number of methoxy groups -OCH3 is 1. The molecule has 0 spiro atoms. The first-order valence-corrected chi connectivity index (χ1v) is 35.7. The number of ether oxygens (including phenoxy) is 3. The maximum Gasteiger partial charge on any atom is 0.123 e. The Labute approximate surface area is 571 Å². The molecule has 2 aliphatic heterocycles. The van der Waals surface area contributed by atoms with Crippen LogP contribution in [-0.2, 0) is 33.5 Å². The standard InChI is InChI=1S/C12H18.C11H15F.C10H15N.C10H20O.C9H18O.C9H18.C8H16.C8H18.C7H16O.2CH4/c1-10-6-5-7-11(8-10)9-12(2,3)4;1-11(2,3)8-9-4-6-10(12)7-5-9;2*1-10(2,3)8-9-4-6-11-7-5-9;1-9(2,3)7-8-5-4-6-10-8;1-9(2,3)7-8-5-4-6-8;1-8(2,3)6-7-4-5-7;1-7(2)6-8(3,4)5;1-7(2,3)5-6-8-4;;/h5-8H,9H2,1-4H3;4-7H,8H2,1-3H3;4-7H,8H2,1-3H3;9H,4-8H2,1-3H3;8H,4-7H2,1-3H3;8H,4-7H2,1-3H3;7H,4-6H2,1-3H3;7H,6H2,1-5H3;5-6H2,1-4H3;2*1H4. The van der Waals surface area contributed by atoms with Gasteiger partial charge in [-0.25, -0.2) is 4.39 Å². The Morgan fingerprint density at radius 3 is 1.13 bits per heavy atom. The van der Waals surface area contributed by atoms with E-state index in [9.17, 15) is 4.39 Å². The summed E-state index contributed by atoms with van der Waals surface area (Å²) in [7, 11) is 1.74. The quantitative estimate of drug-likeness (QED) is 0.203. The van der Waals surface area contributed by atoms with Gasteiger partial charge in [0.25, 0.3) is 0 Å². The molecule has 4 aliphatic rings. The zero-order valence-electron chi connectivity index (χ0n) is 65.4. The van der Waals surface area contributed by atoms with Gasteiger partial charge in [-0.3, -0.25) is 4.98 Å². The molecule has 3 aromatic rings. The average Bonchev–Trinajstić information content (AvgIpc) is 2.47. The van der Waals surface area contributed by atoms with Gasteiger partial charge >= 0.3 is 0 Å². The summed E-state index contributed by atoms with van der Waals surface area (Å²) in [4.78, 5) is 3.98. The fourth-order valence-corrected chi connectivity index (χ4v) is 11.5. The van der Waals surface area contributed by atoms with Gasteiger partial charge in [0, 0.05) is 45.9 Å². The van der Waals surface area contributed by atoms with Crippen LogP contribution in [0, 0.1) is 85.1 Å². The van der Waals surface area contributed by atoms with Crippen molar-refractivity contribution in [3.63, 3.8) is 0 Å². The smallest absolute Gasteiger partial charge is 0.123 e. The second-order valence-electron chi connectivity index (χ2n) is 38.6. The van der Waals surface area contributed by atoms with E-state index in [-0.39, 0.29) is 26.1 Å². The Morgan fingerprint density at radius 2 is 0.857 bits per heavy atom. The van der Waals surface area contributed by atoms with Crippen LogP contribution >= 0.6 is 0 Å². The van der Waals surface area contributed by atoms with Gasteiger partial charge in [0.15, 0.2) is 0 Å². The Kier molecular flexibility index (Phi) is 47.7. The Balaban J connectivity index is -0.000000469. The lowest BCUT2D eigenvalue weighted by atomic mass is 9.74. The highest BCUT2D eigenvalue weighted by atomic mass is 19.1. The Morgan fingerprint density at radius 1 is 0.451 bits per heavy atom. The van der Waals surface area contributed by atoms with E-state index in [1.165, 1.54) is 124 Å². The lowest BCUT2D eigenvalue weighted by molar-refractivity contribution is 0.0532. The summed E-state index contributed by atoms with van der Waals surface area (Å²) in [6.45, 7) is 71.9. The summed E-state index contributed by atoms with van der Waals surface area (Å²) in [6, 6.07) is 19.6. The van der Waals surface area contributed by atoms with Gasteiger partial charge in [0.05, 0.1) is 6.10 Å². The fraction of sp³-hybridized carbons (Fsp3) is 0.802. The lowest BCUT2D eigenvalue weighted by Crippen LogP contribution is -2.20. The van der Waals surface area contributed by atoms with Gasteiger partial charge in [0.1, 0.15) is 5.82 Å². The number of hydrogen-bond acceptors (Lipinski definition) is 4. The summed E-state index contributed by atoms with van der Waals surface area (Å²) in [6.07, 6.45) is 28.0. The Bertz CT molecular complexity index is 2110. The van der Waals surface area contributed by atoms with Crippen molar-refractivity contribution in [2.24, 2.45) is 72.4 Å². The largest absolute Gasteiger partial charge is 0.385 e. The first-order chi connectivity index (χ1) is 40.3. The van der Waals surface area contributed by atoms with Crippen LogP contribution in [0.25, 0.3) is 0 Å². The molecule has 91 heavy (non-hydrogen) atoms. The third-order valence-corrected chi connectivity index (χ3v) is 14.9. The molecule has 2 aliphatic carbocycles. The molecule has 0 bridgehead atoms. The highest BCUT2D eigenvalue weighted by Gasteiger charge is 2.27. The van der Waals surface area contributed by atoms with Gasteiger partial charge in [-0.15, -0.1) is 0 Å². The summed E-state index contributed by atoms with van der Waals surface area (Å²) in [5.74, 6) is 3.77. The molecule has 3 heterocycles. The monoisotopic (exact) mass is 1280 g/mol. The maximum absolute atomic E-state index is 12.5. The Hall–Kier alpha value is -2.60. The molecular formula is C86H162FNO3. The highest BCUT2D eigenvalue weighted by Crippen LogP contribution is 2.40. The van der Waals surface area contributed by atoms with Crippen molar-refractivity contribution in [2.75, 3.05) is 33.5 Å². The average molecular weight is 1280 g/mol. The molecule has 7 rings (SSSR count). The van der Waals surface area contributed by atoms with Crippen molar-refractivity contribution in [2.45, 2.75) is 344 Å². The fourth-order valence-electron chi connectivity index (χ4n) is 11.5. The summed E-state index contributed by atoms with van der Waals surface area (Å²) in [5.41, 5.74) is 9.47. The van der Waals surface area contributed by atoms with Crippen LogP contribution < -0.4 is 0 Å². The SMILES string of the molecule is C.C.CC(C)(C)CC1CC1.CC(C)(C)CC1CCC1.CC(C)(C)CC1CCCO1.CC(C)(C)CC1CCOCC1.CC(C)(C)Cc1ccc(F)cc1.CC(C)(C)Cc1ccncc1.CC(C)CC(C)(C)C.COCCC(C)(C)C.Cc1cccc(CC(C)(C)C)c1. The molecule has 4 nitrogen and oxygen atoms in total. The summed E-state index contributed by atoms with van der Waals surface area (Å²) >= 11 is 0. The van der Waals surface area contributed by atoms with Gasteiger partial charge in [-0.1, -0.05) is 290 Å². The third kappa shape index (κ3) is 71.5. The number of rotatable bonds is 10. The number of halogens is 1. The minimum absolute atomic E-state index is 0. The molecule has 2 saturated heterocycles. The van der Waals surface area contributed by atoms with Crippen LogP contribution in [0.2, 0.25) is 0 Å². The van der Waals surface area contributed by atoms with E-state index in [2.05, 4.69) is 249 Å². The van der Waals surface area contributed by atoms with Crippen LogP contribution in [0.15, 0.2) is 73.1 Å². The second-order valence-corrected chi connectivity index (χ2v) is 38.6. The van der Waals surface area contributed by atoms with Crippen molar-refractivity contribution >= 4 is 0 Å². The van der Waals surface area contributed by atoms with E-state index in [1.54, 1.807) is 7.11 Å². The lowest BCUT2D eigenvalue weighted by Gasteiger charge is -2.31. The van der Waals surface area contributed by atoms with Crippen LogP contribution in [-0.4, -0.2) is 44.6 Å². The van der Waals surface area contributed by atoms with E-state index in [0.29, 0.717) is 49.4 Å². The predicted octanol–water partition coefficient (Wildman–Crippen LogP) is 27.6. The van der Waals surface area contributed by atoms with Gasteiger partial charge < -0.3 is 14.2 Å². The number of pyridine rings is 1. The molecule has 0 amide bonds. The molecule has 1 atom stereocenters. The molecule has 1 unspecified atom stereocenters. The van der Waals surface area contributed by atoms with Crippen molar-refractivity contribution in [1.82, 2.24) is 4.98 Å². The van der Waals surface area contributed by atoms with Crippen LogP contribution in [0.1, 0.15) is 334 Å². The molecule has 4 fully saturated rings. The maximum atomic E-state index is 12.5. The molecule has 536 valence electrons. The molecule has 2 saturated carbocycles. The van der Waals surface area contributed by atoms with Gasteiger partial charge in [0.2, 0.25) is 0 Å². The molecule has 5 heteroatoms. The highest BCUT2D eigenvalue weighted by molar-refractivity contribution is 5.23. The minimum atomic E-state index is -0.160. The molecule has 0 radical (unpaired) electrons. The number of aromatic nitrogens is 1. The minimum Gasteiger partial charge on any atom is -0.385 e. The van der Waals surface area contributed by atoms with E-state index in [1.807, 2.05) is 24.5 Å². The summed E-state index contributed by atoms with van der Waals surface area (Å²) < 4.78 is 28.3. The predicted molar refractivity (Wildman–Crippen MR) is 408 cm³/mol. The van der Waals surface area contributed by atoms with E-state index in [0.717, 1.165) is 75.8 Å². The zero-order chi connectivity index (χ0) is 69.1. The molecular weight excluding hydrogens is 1110 g/mol. The van der Waals surface area contributed by atoms with Crippen LogP contribution in [0.5, 0.6) is 0 Å². The zero-order valence-corrected chi connectivity index (χ0v) is 65.4. The first kappa shape index (κ1) is 94.8. The number of nitrogens with zero attached hydrogens (tertiary/aromatic N) is 1.